The van der Waals surface area contributed by atoms with Gasteiger partial charge in [0.1, 0.15) is 22.3 Å². The van der Waals surface area contributed by atoms with E-state index >= 15 is 0 Å². The van der Waals surface area contributed by atoms with E-state index in [1.54, 1.807) is 0 Å². The van der Waals surface area contributed by atoms with E-state index in [-0.39, 0.29) is 0 Å². The van der Waals surface area contributed by atoms with Crippen LogP contribution in [0.25, 0.3) is 99.2 Å². The highest BCUT2D eigenvalue weighted by Gasteiger charge is 2.21. The Labute approximate surface area is 353 Å². The molecule has 2 heterocycles. The molecule has 0 saturated carbocycles. The van der Waals surface area contributed by atoms with Crippen LogP contribution in [0.15, 0.2) is 233 Å². The van der Waals surface area contributed by atoms with Crippen molar-refractivity contribution in [3.05, 3.63) is 224 Å². The van der Waals surface area contributed by atoms with Crippen molar-refractivity contribution in [1.82, 2.24) is 0 Å². The fourth-order valence-electron chi connectivity index (χ4n) is 9.21. The number of hydrogen-bond donors (Lipinski definition) is 0. The van der Waals surface area contributed by atoms with E-state index < -0.39 is 0 Å². The Kier molecular flexibility index (Phi) is 8.17. The first-order valence-electron chi connectivity index (χ1n) is 20.7. The molecule has 12 aromatic rings. The van der Waals surface area contributed by atoms with Gasteiger partial charge in [-0.25, -0.2) is 0 Å². The molecule has 3 nitrogen and oxygen atoms in total. The third kappa shape index (κ3) is 5.90. The summed E-state index contributed by atoms with van der Waals surface area (Å²) in [5.41, 5.74) is 16.1. The summed E-state index contributed by atoms with van der Waals surface area (Å²) < 4.78 is 13.0. The van der Waals surface area contributed by atoms with Crippen LogP contribution < -0.4 is 4.90 Å². The van der Waals surface area contributed by atoms with Gasteiger partial charge in [0.05, 0.1) is 11.1 Å². The molecular weight excluding hydrogens is 743 g/mol. The second kappa shape index (κ2) is 14.3. The van der Waals surface area contributed by atoms with Gasteiger partial charge >= 0.3 is 0 Å². The van der Waals surface area contributed by atoms with Crippen molar-refractivity contribution in [2.75, 3.05) is 4.90 Å². The Morgan fingerprint density at radius 2 is 0.869 bits per heavy atom. The predicted molar refractivity (Wildman–Crippen MR) is 255 cm³/mol. The molecule has 0 unspecified atom stereocenters. The maximum atomic E-state index is 6.71. The highest BCUT2D eigenvalue weighted by atomic mass is 16.3. The summed E-state index contributed by atoms with van der Waals surface area (Å²) in [6, 6.07) is 79.9. The van der Waals surface area contributed by atoms with Gasteiger partial charge in [-0.3, -0.25) is 0 Å². The van der Waals surface area contributed by atoms with Gasteiger partial charge < -0.3 is 13.7 Å². The molecule has 3 heteroatoms. The lowest BCUT2D eigenvalue weighted by Crippen LogP contribution is -2.10. The fourth-order valence-corrected chi connectivity index (χ4v) is 9.21. The molecule has 10 aromatic carbocycles. The second-order valence-corrected chi connectivity index (χ2v) is 15.6. The summed E-state index contributed by atoms with van der Waals surface area (Å²) in [7, 11) is 0. The summed E-state index contributed by atoms with van der Waals surface area (Å²) in [5.74, 6) is 0. The normalized spacial score (nSPS) is 11.6. The third-order valence-electron chi connectivity index (χ3n) is 12.1. The Morgan fingerprint density at radius 3 is 1.62 bits per heavy atom. The van der Waals surface area contributed by atoms with Crippen molar-refractivity contribution in [1.29, 1.82) is 0 Å². The van der Waals surface area contributed by atoms with Gasteiger partial charge in [-0.15, -0.1) is 0 Å². The van der Waals surface area contributed by atoms with Gasteiger partial charge in [0, 0.05) is 32.9 Å². The van der Waals surface area contributed by atoms with E-state index in [1.807, 2.05) is 12.1 Å². The Balaban J connectivity index is 1.02. The van der Waals surface area contributed by atoms with Gasteiger partial charge in [-0.1, -0.05) is 164 Å². The number of benzene rings is 10. The molecule has 0 atom stereocenters. The lowest BCUT2D eigenvalue weighted by atomic mass is 9.91. The van der Waals surface area contributed by atoms with Crippen LogP contribution >= 0.6 is 0 Å². The zero-order chi connectivity index (χ0) is 40.3. The summed E-state index contributed by atoms with van der Waals surface area (Å²) in [6.45, 7) is 0. The standard InChI is InChI=1S/C58H37NO2/c1-3-13-38(14-4-1)43-30-35-46(51(37-43)39-15-5-2-6-16-39)41-25-31-44(32-26-41)59(52-21-12-24-55-57(52)50-36-29-40-17-7-8-18-48(40)58(50)61-55)45-33-27-42(28-34-45)47-20-11-23-54-56(47)49-19-9-10-22-53(49)60-54/h1-37H. The molecule has 0 aliphatic heterocycles. The lowest BCUT2D eigenvalue weighted by molar-refractivity contribution is 0.669. The average molecular weight is 780 g/mol. The smallest absolute Gasteiger partial charge is 0.143 e. The Hall–Kier alpha value is -8.14. The minimum absolute atomic E-state index is 0.853. The van der Waals surface area contributed by atoms with Gasteiger partial charge in [0.2, 0.25) is 0 Å². The molecule has 61 heavy (non-hydrogen) atoms. The van der Waals surface area contributed by atoms with Crippen LogP contribution in [0.1, 0.15) is 0 Å². The number of fused-ring (bicyclic) bond motifs is 8. The molecule has 0 bridgehead atoms. The Morgan fingerprint density at radius 1 is 0.295 bits per heavy atom. The third-order valence-corrected chi connectivity index (χ3v) is 12.1. The number of rotatable bonds is 7. The zero-order valence-electron chi connectivity index (χ0n) is 33.1. The van der Waals surface area contributed by atoms with Crippen molar-refractivity contribution >= 4 is 71.7 Å². The molecular formula is C58H37NO2. The van der Waals surface area contributed by atoms with Crippen LogP contribution in [0.3, 0.4) is 0 Å². The number of para-hydroxylation sites is 1. The fraction of sp³-hybridized carbons (Fsp3) is 0. The van der Waals surface area contributed by atoms with Crippen LogP contribution in [0.2, 0.25) is 0 Å². The number of nitrogens with zero attached hydrogens (tertiary/aromatic N) is 1. The van der Waals surface area contributed by atoms with Gasteiger partial charge in [0.25, 0.3) is 0 Å². The minimum atomic E-state index is 0.853. The van der Waals surface area contributed by atoms with Crippen molar-refractivity contribution in [3.63, 3.8) is 0 Å². The van der Waals surface area contributed by atoms with Crippen LogP contribution in [0, 0.1) is 0 Å². The highest BCUT2D eigenvalue weighted by Crippen LogP contribution is 2.46. The maximum absolute atomic E-state index is 6.71. The quantitative estimate of drug-likeness (QED) is 0.161. The summed E-state index contributed by atoms with van der Waals surface area (Å²) in [4.78, 5) is 2.37. The highest BCUT2D eigenvalue weighted by molar-refractivity contribution is 6.19. The second-order valence-electron chi connectivity index (χ2n) is 15.6. The van der Waals surface area contributed by atoms with Gasteiger partial charge in [0.15, 0.2) is 0 Å². The first-order chi connectivity index (χ1) is 30.2. The van der Waals surface area contributed by atoms with Crippen molar-refractivity contribution in [2.45, 2.75) is 0 Å². The van der Waals surface area contributed by atoms with Crippen molar-refractivity contribution < 1.29 is 8.83 Å². The predicted octanol–water partition coefficient (Wildman–Crippen LogP) is 16.8. The van der Waals surface area contributed by atoms with Crippen LogP contribution in [-0.2, 0) is 0 Å². The average Bonchev–Trinajstić information content (AvgIpc) is 3.92. The molecule has 0 N–H and O–H groups in total. The molecule has 286 valence electrons. The molecule has 0 aliphatic rings. The van der Waals surface area contributed by atoms with Crippen LogP contribution in [0.4, 0.5) is 17.1 Å². The summed E-state index contributed by atoms with van der Waals surface area (Å²) in [5, 5.41) is 6.68. The lowest BCUT2D eigenvalue weighted by Gasteiger charge is -2.27. The molecule has 0 spiro atoms. The van der Waals surface area contributed by atoms with E-state index in [1.165, 1.54) is 27.8 Å². The van der Waals surface area contributed by atoms with E-state index in [0.717, 1.165) is 88.4 Å². The largest absolute Gasteiger partial charge is 0.456 e. The van der Waals surface area contributed by atoms with Gasteiger partial charge in [-0.2, -0.15) is 0 Å². The molecule has 12 rings (SSSR count). The van der Waals surface area contributed by atoms with E-state index in [9.17, 15) is 0 Å². The molecule has 0 radical (unpaired) electrons. The number of anilines is 3. The van der Waals surface area contributed by atoms with Crippen molar-refractivity contribution in [3.8, 4) is 44.5 Å². The van der Waals surface area contributed by atoms with Gasteiger partial charge in [-0.05, 0) is 111 Å². The topological polar surface area (TPSA) is 29.5 Å². The molecule has 0 saturated heterocycles. The zero-order valence-corrected chi connectivity index (χ0v) is 33.1. The van der Waals surface area contributed by atoms with E-state index in [4.69, 9.17) is 8.83 Å². The minimum Gasteiger partial charge on any atom is -0.456 e. The number of hydrogen-bond acceptors (Lipinski definition) is 3. The molecule has 2 aromatic heterocycles. The first-order valence-corrected chi connectivity index (χ1v) is 20.7. The Bertz CT molecular complexity index is 3560. The van der Waals surface area contributed by atoms with Crippen LogP contribution in [0.5, 0.6) is 0 Å². The monoisotopic (exact) mass is 779 g/mol. The van der Waals surface area contributed by atoms with Crippen molar-refractivity contribution in [2.24, 2.45) is 0 Å². The van der Waals surface area contributed by atoms with E-state index in [2.05, 4.69) is 217 Å². The summed E-state index contributed by atoms with van der Waals surface area (Å²) in [6.07, 6.45) is 0. The summed E-state index contributed by atoms with van der Waals surface area (Å²) >= 11 is 0. The van der Waals surface area contributed by atoms with E-state index in [0.29, 0.717) is 0 Å². The molecule has 0 amide bonds. The van der Waals surface area contributed by atoms with Crippen LogP contribution in [-0.4, -0.2) is 0 Å². The first kappa shape index (κ1) is 34.9. The molecule has 0 fully saturated rings. The SMILES string of the molecule is c1ccc(-c2ccc(-c3ccc(N(c4ccc(-c5cccc6oc7ccccc7c56)cc4)c4cccc5oc6c7ccccc7ccc6c45)cc3)c(-c3ccccc3)c2)cc1. The number of furan rings is 2. The maximum Gasteiger partial charge on any atom is 0.143 e. The molecule has 0 aliphatic carbocycles.